The number of hydrogen-bond acceptors (Lipinski definition) is 2. The largest absolute Gasteiger partial charge is 0.415 e. The molecule has 0 aliphatic rings. The standard InChI is InChI=1S/C10H10ClF3N2O/c1-9(15,10(12,13)14)8(17)16-7-4-2-3-6(11)5-7/h2-5H,15H2,1H3,(H,16,17). The average Bonchev–Trinajstić information content (AvgIpc) is 2.15. The summed E-state index contributed by atoms with van der Waals surface area (Å²) in [5, 5.41) is 2.36. The highest BCUT2D eigenvalue weighted by Gasteiger charge is 2.53. The van der Waals surface area contributed by atoms with Crippen molar-refractivity contribution in [3.05, 3.63) is 29.3 Å². The van der Waals surface area contributed by atoms with Crippen molar-refractivity contribution >= 4 is 23.2 Å². The molecule has 17 heavy (non-hydrogen) atoms. The third kappa shape index (κ3) is 3.10. The number of benzene rings is 1. The molecule has 3 N–H and O–H groups in total. The highest BCUT2D eigenvalue weighted by molar-refractivity contribution is 6.30. The molecular weight excluding hydrogens is 257 g/mol. The summed E-state index contributed by atoms with van der Waals surface area (Å²) in [6.07, 6.45) is -4.82. The smallest absolute Gasteiger partial charge is 0.324 e. The maximum absolute atomic E-state index is 12.5. The average molecular weight is 267 g/mol. The fraction of sp³-hybridized carbons (Fsp3) is 0.300. The molecule has 94 valence electrons. The topological polar surface area (TPSA) is 55.1 Å². The molecule has 0 aromatic heterocycles. The predicted molar refractivity (Wildman–Crippen MR) is 58.7 cm³/mol. The van der Waals surface area contributed by atoms with Crippen LogP contribution in [0.15, 0.2) is 24.3 Å². The van der Waals surface area contributed by atoms with Gasteiger partial charge in [-0.25, -0.2) is 0 Å². The van der Waals surface area contributed by atoms with Crippen molar-refractivity contribution in [3.8, 4) is 0 Å². The number of halogens is 4. The number of nitrogens with one attached hydrogen (secondary N) is 1. The molecule has 0 fully saturated rings. The molecule has 3 nitrogen and oxygen atoms in total. The van der Waals surface area contributed by atoms with Crippen molar-refractivity contribution in [3.63, 3.8) is 0 Å². The van der Waals surface area contributed by atoms with Gasteiger partial charge in [-0.1, -0.05) is 17.7 Å². The van der Waals surface area contributed by atoms with Gasteiger partial charge in [-0.2, -0.15) is 13.2 Å². The second kappa shape index (κ2) is 4.54. The van der Waals surface area contributed by atoms with Crippen molar-refractivity contribution in [1.82, 2.24) is 0 Å². The Hall–Kier alpha value is -1.27. The van der Waals surface area contributed by atoms with Crippen LogP contribution in [-0.4, -0.2) is 17.6 Å². The van der Waals surface area contributed by atoms with Crippen LogP contribution in [0.2, 0.25) is 5.02 Å². The Morgan fingerprint density at radius 1 is 1.41 bits per heavy atom. The molecule has 0 saturated heterocycles. The van der Waals surface area contributed by atoms with Crippen LogP contribution < -0.4 is 11.1 Å². The Bertz CT molecular complexity index is 432. The summed E-state index contributed by atoms with van der Waals surface area (Å²) in [5.74, 6) is -1.34. The molecule has 7 heteroatoms. The molecule has 0 aliphatic carbocycles. The number of nitrogens with two attached hydrogens (primary N) is 1. The molecule has 0 radical (unpaired) electrons. The third-order valence-electron chi connectivity index (χ3n) is 2.14. The Kier molecular flexibility index (Phi) is 3.68. The molecule has 0 aliphatic heterocycles. The zero-order valence-corrected chi connectivity index (χ0v) is 9.56. The van der Waals surface area contributed by atoms with Crippen LogP contribution in [0.5, 0.6) is 0 Å². The number of anilines is 1. The number of carbonyl (C=O) groups is 1. The van der Waals surface area contributed by atoms with E-state index in [1.54, 1.807) is 0 Å². The van der Waals surface area contributed by atoms with Gasteiger partial charge in [0.15, 0.2) is 5.54 Å². The summed E-state index contributed by atoms with van der Waals surface area (Å²) in [5.41, 5.74) is 2.16. The van der Waals surface area contributed by atoms with Crippen molar-refractivity contribution < 1.29 is 18.0 Å². The fourth-order valence-electron chi connectivity index (χ4n) is 0.956. The summed E-state index contributed by atoms with van der Waals surface area (Å²) in [6.45, 7) is 0.604. The molecular formula is C10H10ClF3N2O. The first-order valence-corrected chi connectivity index (χ1v) is 4.95. The van der Waals surface area contributed by atoms with Gasteiger partial charge in [0, 0.05) is 10.7 Å². The molecule has 0 spiro atoms. The lowest BCUT2D eigenvalue weighted by Crippen LogP contribution is -2.59. The van der Waals surface area contributed by atoms with E-state index in [1.807, 2.05) is 0 Å². The lowest BCUT2D eigenvalue weighted by atomic mass is 10.0. The lowest BCUT2D eigenvalue weighted by Gasteiger charge is -2.26. The quantitative estimate of drug-likeness (QED) is 0.864. The van der Waals surface area contributed by atoms with Gasteiger partial charge in [-0.05, 0) is 25.1 Å². The Labute approximate surface area is 101 Å². The van der Waals surface area contributed by atoms with E-state index in [9.17, 15) is 18.0 Å². The zero-order chi connectivity index (χ0) is 13.3. The number of rotatable bonds is 2. The minimum Gasteiger partial charge on any atom is -0.324 e. The molecule has 1 rings (SSSR count). The van der Waals surface area contributed by atoms with E-state index in [4.69, 9.17) is 17.3 Å². The lowest BCUT2D eigenvalue weighted by molar-refractivity contribution is -0.184. The van der Waals surface area contributed by atoms with E-state index >= 15 is 0 Å². The summed E-state index contributed by atoms with van der Waals surface area (Å²) >= 11 is 5.63. The van der Waals surface area contributed by atoms with Crippen LogP contribution in [0.25, 0.3) is 0 Å². The number of hydrogen-bond donors (Lipinski definition) is 2. The molecule has 1 amide bonds. The van der Waals surface area contributed by atoms with Gasteiger partial charge in [0.2, 0.25) is 0 Å². The van der Waals surface area contributed by atoms with Gasteiger partial charge in [0.1, 0.15) is 0 Å². The molecule has 1 atom stereocenters. The van der Waals surface area contributed by atoms with Crippen molar-refractivity contribution in [1.29, 1.82) is 0 Å². The van der Waals surface area contributed by atoms with Gasteiger partial charge in [0.25, 0.3) is 5.91 Å². The fourth-order valence-corrected chi connectivity index (χ4v) is 1.15. The monoisotopic (exact) mass is 266 g/mol. The number of carbonyl (C=O) groups excluding carboxylic acids is 1. The second-order valence-electron chi connectivity index (χ2n) is 3.66. The predicted octanol–water partition coefficient (Wildman–Crippen LogP) is 2.56. The van der Waals surface area contributed by atoms with E-state index in [-0.39, 0.29) is 5.69 Å². The van der Waals surface area contributed by atoms with Crippen molar-refractivity contribution in [2.45, 2.75) is 18.6 Å². The van der Waals surface area contributed by atoms with E-state index in [0.717, 1.165) is 0 Å². The number of alkyl halides is 3. The highest BCUT2D eigenvalue weighted by Crippen LogP contribution is 2.29. The third-order valence-corrected chi connectivity index (χ3v) is 2.38. The van der Waals surface area contributed by atoms with E-state index in [2.05, 4.69) is 5.32 Å². The molecule has 1 aromatic rings. The highest BCUT2D eigenvalue weighted by atomic mass is 35.5. The van der Waals surface area contributed by atoms with Crippen molar-refractivity contribution in [2.24, 2.45) is 5.73 Å². The van der Waals surface area contributed by atoms with Gasteiger partial charge in [-0.3, -0.25) is 4.79 Å². The first-order chi connectivity index (χ1) is 7.64. The molecule has 1 unspecified atom stereocenters. The van der Waals surface area contributed by atoms with Gasteiger partial charge >= 0.3 is 6.18 Å². The van der Waals surface area contributed by atoms with E-state index < -0.39 is 17.6 Å². The normalized spacial score (nSPS) is 15.2. The summed E-state index contributed by atoms with van der Waals surface area (Å²) in [6, 6.07) is 5.77. The second-order valence-corrected chi connectivity index (χ2v) is 4.10. The van der Waals surface area contributed by atoms with Crippen LogP contribution >= 0.6 is 11.6 Å². The van der Waals surface area contributed by atoms with Gasteiger partial charge < -0.3 is 11.1 Å². The van der Waals surface area contributed by atoms with Crippen LogP contribution in [-0.2, 0) is 4.79 Å². The first-order valence-electron chi connectivity index (χ1n) is 4.57. The first kappa shape index (κ1) is 13.8. The van der Waals surface area contributed by atoms with Crippen molar-refractivity contribution in [2.75, 3.05) is 5.32 Å². The van der Waals surface area contributed by atoms with E-state index in [0.29, 0.717) is 11.9 Å². The van der Waals surface area contributed by atoms with Crippen LogP contribution in [0.3, 0.4) is 0 Å². The van der Waals surface area contributed by atoms with Crippen LogP contribution in [0.4, 0.5) is 18.9 Å². The SMILES string of the molecule is CC(N)(C(=O)Nc1cccc(Cl)c1)C(F)(F)F. The summed E-state index contributed by atoms with van der Waals surface area (Å²) in [7, 11) is 0. The van der Waals surface area contributed by atoms with E-state index in [1.165, 1.54) is 24.3 Å². The maximum Gasteiger partial charge on any atom is 0.415 e. The van der Waals surface area contributed by atoms with Gasteiger partial charge in [0.05, 0.1) is 0 Å². The summed E-state index contributed by atoms with van der Waals surface area (Å²) in [4.78, 5) is 11.4. The maximum atomic E-state index is 12.5. The number of amides is 1. The Morgan fingerprint density at radius 2 is 2.00 bits per heavy atom. The Balaban J connectivity index is 2.87. The summed E-state index contributed by atoms with van der Waals surface area (Å²) < 4.78 is 37.4. The molecule has 0 bridgehead atoms. The minimum atomic E-state index is -4.82. The van der Waals surface area contributed by atoms with Crippen LogP contribution in [0.1, 0.15) is 6.92 Å². The molecule has 0 saturated carbocycles. The van der Waals surface area contributed by atoms with Gasteiger partial charge in [-0.15, -0.1) is 0 Å². The van der Waals surface area contributed by atoms with Crippen LogP contribution in [0, 0.1) is 0 Å². The zero-order valence-electron chi connectivity index (χ0n) is 8.81. The molecule has 1 aromatic carbocycles. The Morgan fingerprint density at radius 3 is 2.47 bits per heavy atom. The molecule has 0 heterocycles. The minimum absolute atomic E-state index is 0.156.